The number of aromatic nitrogens is 6. The Morgan fingerprint density at radius 2 is 0.359 bits per heavy atom. The second-order valence-corrected chi connectivity index (χ2v) is 42.3. The summed E-state index contributed by atoms with van der Waals surface area (Å²) in [7, 11) is 1.41. The molecule has 0 saturated carbocycles. The molecule has 8 nitrogen and oxygen atoms in total. The Balaban J connectivity index is 0.000000160. The number of hydrogen-bond donors (Lipinski definition) is 1. The highest BCUT2D eigenvalue weighted by Gasteiger charge is 2.31. The molecule has 23 rings (SSSR count). The maximum absolute atomic E-state index is 9.09. The maximum atomic E-state index is 9.09. The number of benzene rings is 21. The third kappa shape index (κ3) is 17.3. The fourth-order valence-electron chi connectivity index (χ4n) is 23.4. The van der Waals surface area contributed by atoms with E-state index in [1.54, 1.807) is 0 Å². The highest BCUT2D eigenvalue weighted by molar-refractivity contribution is 9.11. The Morgan fingerprint density at radius 3 is 0.586 bits per heavy atom. The summed E-state index contributed by atoms with van der Waals surface area (Å²) < 4.78 is 4.32. The molecule has 0 amide bonds. The summed E-state index contributed by atoms with van der Waals surface area (Å²) in [5, 5.41) is 30.6. The molecule has 23 aromatic rings. The van der Waals surface area contributed by atoms with Crippen molar-refractivity contribution in [1.29, 1.82) is 0 Å². The minimum Gasteiger partial charge on any atom is -0.307 e. The molecule has 1 N–H and O–H groups in total. The second kappa shape index (κ2) is 39.4. The number of rotatable bonds is 13. The molecular weight excluding hydrogens is 2030 g/mol. The smallest absolute Gasteiger partial charge is 0.307 e. The van der Waals surface area contributed by atoms with Crippen LogP contribution in [0.2, 0.25) is 0 Å². The first kappa shape index (κ1) is 97.0. The zero-order valence-electron chi connectivity index (χ0n) is 84.6. The van der Waals surface area contributed by atoms with E-state index in [1.807, 2.05) is 24.3 Å². The first-order chi connectivity index (χ1) is 70.0. The van der Waals surface area contributed by atoms with E-state index >= 15 is 0 Å². The van der Waals surface area contributed by atoms with Crippen LogP contribution in [0.1, 0.15) is 100 Å². The Hall–Kier alpha value is -14.1. The molecule has 0 aliphatic carbocycles. The number of nitrogens with zero attached hydrogens (tertiary/aromatic N) is 6. The van der Waals surface area contributed by atoms with Crippen molar-refractivity contribution >= 4 is 174 Å². The molecule has 0 fully saturated rings. The Morgan fingerprint density at radius 1 is 0.179 bits per heavy atom. The van der Waals surface area contributed by atoms with Gasteiger partial charge in [0, 0.05) is 51.3 Å². The van der Waals surface area contributed by atoms with Crippen LogP contribution < -0.4 is 5.46 Å². The standard InChI is InChI=1S/C78H60BrN3.C30H30Br3N3.C24H16BO2/c1-43-38-45(3)68(49(7)66(43)73-62-30-18-14-26-58(62)71(59-27-15-19-31-63(59)73)56-36-34-52-22-10-12-24-54(52)41-56)76-80-77(82-78(81-76)70-47(5)40-48(6)75(79)51(70)9)69-46(4)39-44(2)67(50(69)8)74-64-32-20-16-28-60(64)72(61-29-17-21-33-65(61)74)57-37-35-53-23-11-13-25-55(53)42-57;1-13-10-16(4)25(31)19(7)22(13)28-34-29(23-14(2)11-17(5)26(32)20(23)8)36-30(35-28)24-15(3)12-18(6)27(33)21(24)9;26-27-25-24-21-11-5-3-9-19(21)23(20-10-4-6-12-22(20)24)18-14-13-16-7-1-2-8-17(16)15-18/h10-42H,1-9H3;10-12H,1-9H3;1-15,26H. The van der Waals surface area contributed by atoms with Crippen molar-refractivity contribution < 1.29 is 10.1 Å². The topological polar surface area (TPSA) is 107 Å². The van der Waals surface area contributed by atoms with Gasteiger partial charge in [0.05, 0.1) is 0 Å². The molecule has 2 heterocycles. The molecule has 0 spiro atoms. The van der Waals surface area contributed by atoms with Crippen LogP contribution in [0.3, 0.4) is 0 Å². The summed E-state index contributed by atoms with van der Waals surface area (Å²) in [4.78, 5) is 36.8. The van der Waals surface area contributed by atoms with Gasteiger partial charge in [0.1, 0.15) is 0 Å². The lowest BCUT2D eigenvalue weighted by molar-refractivity contribution is -0.135. The third-order valence-electron chi connectivity index (χ3n) is 29.7. The fraction of sp³-hybridized carbons (Fsp3) is 0.136. The number of halogens is 4. The van der Waals surface area contributed by atoms with E-state index in [0.717, 1.165) is 145 Å². The largest absolute Gasteiger partial charge is 0.382 e. The first-order valence-corrected chi connectivity index (χ1v) is 52.4. The van der Waals surface area contributed by atoms with Crippen molar-refractivity contribution in [3.8, 4) is 124 Å². The van der Waals surface area contributed by atoms with Crippen LogP contribution in [-0.4, -0.2) is 42.6 Å². The zero-order valence-corrected chi connectivity index (χ0v) is 90.9. The van der Waals surface area contributed by atoms with Gasteiger partial charge in [-0.3, -0.25) is 5.26 Å². The van der Waals surface area contributed by atoms with Crippen LogP contribution in [-0.2, 0) is 4.81 Å². The average Bonchev–Trinajstić information content (AvgIpc) is 0.717. The lowest BCUT2D eigenvalue weighted by Gasteiger charge is -2.24. The molecule has 0 saturated heterocycles. The SMILES string of the molecule is Cc1cc(C)c(-c2nc(-c3c(C)cc(C)c(-c4c5ccccc5c(-c5ccc6ccccc6c5)c5ccccc45)c3C)nc(-c3c(C)cc(C)c(-c4c5ccccc5c(-c5ccc6ccccc6c5)c5ccccc45)c3C)n2)c(C)c1Br.Cc1cc(C)c(-c2nc(-c3c(C)cc(C)c(Br)c3C)nc(-c3c(C)cc(C)c(Br)c3C)n2)c(C)c1Br.OO[B]c1c2ccccc2c(-c2ccc3ccccc3c2)c2ccccc12. The normalized spacial score (nSPS) is 11.6. The van der Waals surface area contributed by atoms with E-state index in [0.29, 0.717) is 34.9 Å². The zero-order chi connectivity index (χ0) is 101. The molecule has 0 bridgehead atoms. The first-order valence-electron chi connectivity index (χ1n) is 49.3. The third-order valence-corrected chi connectivity index (χ3v) is 34.6. The van der Waals surface area contributed by atoms with Gasteiger partial charge in [0.25, 0.3) is 0 Å². The monoisotopic (exact) mass is 2130 g/mol. The lowest BCUT2D eigenvalue weighted by atomic mass is 9.77. The molecule has 13 heteroatoms. The van der Waals surface area contributed by atoms with Crippen molar-refractivity contribution in [3.63, 3.8) is 0 Å². The second-order valence-electron chi connectivity index (χ2n) is 39.2. The van der Waals surface area contributed by atoms with Crippen LogP contribution in [0.25, 0.3) is 221 Å². The highest BCUT2D eigenvalue weighted by Crippen LogP contribution is 2.53. The van der Waals surface area contributed by atoms with Crippen molar-refractivity contribution in [1.82, 2.24) is 29.9 Å². The van der Waals surface area contributed by atoms with Crippen LogP contribution >= 0.6 is 63.7 Å². The summed E-state index contributed by atoms with van der Waals surface area (Å²) >= 11 is 15.3. The van der Waals surface area contributed by atoms with E-state index in [2.05, 4.69) is 478 Å². The van der Waals surface area contributed by atoms with Crippen molar-refractivity contribution in [2.24, 2.45) is 0 Å². The van der Waals surface area contributed by atoms with Crippen molar-refractivity contribution in [2.45, 2.75) is 125 Å². The fourth-order valence-corrected chi connectivity index (χ4v) is 24.6. The highest BCUT2D eigenvalue weighted by atomic mass is 79.9. The minimum absolute atomic E-state index is 0.656. The number of aryl methyl sites for hydroxylation is 12. The van der Waals surface area contributed by atoms with Gasteiger partial charge in [-0.05, 0) is 401 Å². The van der Waals surface area contributed by atoms with Crippen molar-refractivity contribution in [3.05, 3.63) is 427 Å². The predicted octanol–water partition coefficient (Wildman–Crippen LogP) is 37.5. The summed E-state index contributed by atoms with van der Waals surface area (Å²) in [6.45, 7) is 39.2. The van der Waals surface area contributed by atoms with Gasteiger partial charge in [-0.1, -0.05) is 355 Å². The quantitative estimate of drug-likeness (QED) is 0.0527. The van der Waals surface area contributed by atoms with E-state index in [1.165, 1.54) is 172 Å². The molecule has 1 radical (unpaired) electrons. The van der Waals surface area contributed by atoms with Gasteiger partial charge < -0.3 is 4.81 Å². The molecule has 145 heavy (non-hydrogen) atoms. The van der Waals surface area contributed by atoms with Gasteiger partial charge in [-0.25, -0.2) is 29.9 Å². The summed E-state index contributed by atoms with van der Waals surface area (Å²) in [6, 6.07) is 112. The van der Waals surface area contributed by atoms with E-state index < -0.39 is 0 Å². The Bertz CT molecular complexity index is 8740. The van der Waals surface area contributed by atoms with E-state index in [-0.39, 0.29) is 0 Å². The predicted molar refractivity (Wildman–Crippen MR) is 629 cm³/mol. The van der Waals surface area contributed by atoms with Crippen LogP contribution in [0.4, 0.5) is 0 Å². The summed E-state index contributed by atoms with van der Waals surface area (Å²) in [6.07, 6.45) is 0. The van der Waals surface area contributed by atoms with Crippen molar-refractivity contribution in [2.75, 3.05) is 0 Å². The minimum atomic E-state index is 0.656. The lowest BCUT2D eigenvalue weighted by Crippen LogP contribution is -2.19. The molecule has 0 unspecified atom stereocenters. The number of fused-ring (bicyclic) bond motifs is 9. The van der Waals surface area contributed by atoms with Crippen LogP contribution in [0.5, 0.6) is 0 Å². The van der Waals surface area contributed by atoms with E-state index in [9.17, 15) is 0 Å². The molecule has 0 aliphatic heterocycles. The van der Waals surface area contributed by atoms with Gasteiger partial charge in [-0.2, -0.15) is 0 Å². The Kier molecular flexibility index (Phi) is 26.4. The Labute approximate surface area is 882 Å². The van der Waals surface area contributed by atoms with Gasteiger partial charge in [0.2, 0.25) is 0 Å². The van der Waals surface area contributed by atoms with E-state index in [4.69, 9.17) is 35.2 Å². The average molecular weight is 2140 g/mol. The number of hydrogen-bond acceptors (Lipinski definition) is 8. The maximum Gasteiger partial charge on any atom is 0.382 e. The van der Waals surface area contributed by atoms with Gasteiger partial charge in [0.15, 0.2) is 34.9 Å². The molecule has 707 valence electrons. The molecule has 0 atom stereocenters. The summed E-state index contributed by atoms with van der Waals surface area (Å²) in [5.74, 6) is 4.04. The molecule has 21 aromatic carbocycles. The molecular formula is C132H106BBr4N6O2. The van der Waals surface area contributed by atoms with Crippen LogP contribution in [0, 0.1) is 125 Å². The summed E-state index contributed by atoms with van der Waals surface area (Å²) in [5.41, 5.74) is 39.9. The molecule has 0 aliphatic rings. The van der Waals surface area contributed by atoms with Gasteiger partial charge >= 0.3 is 7.48 Å². The van der Waals surface area contributed by atoms with Gasteiger partial charge in [-0.15, -0.1) is 0 Å². The molecule has 2 aromatic heterocycles. The van der Waals surface area contributed by atoms with Crippen LogP contribution in [0.15, 0.2) is 327 Å².